The number of benzene rings is 1. The third-order valence-electron chi connectivity index (χ3n) is 4.60. The first kappa shape index (κ1) is 23.8. The van der Waals surface area contributed by atoms with Gasteiger partial charge in [0.05, 0.1) is 16.0 Å². The number of amides is 1. The van der Waals surface area contributed by atoms with E-state index in [2.05, 4.69) is 16.6 Å². The molecule has 1 fully saturated rings. The van der Waals surface area contributed by atoms with Gasteiger partial charge in [-0.1, -0.05) is 19.4 Å². The van der Waals surface area contributed by atoms with Crippen LogP contribution in [0, 0.1) is 0 Å². The number of hydrogen-bond acceptors (Lipinski definition) is 3. The summed E-state index contributed by atoms with van der Waals surface area (Å²) in [5.41, 5.74) is -1.53. The first-order valence-corrected chi connectivity index (χ1v) is 10.6. The summed E-state index contributed by atoms with van der Waals surface area (Å²) < 4.78 is 79.6. The van der Waals surface area contributed by atoms with Crippen LogP contribution in [0.15, 0.2) is 59.3 Å². The quantitative estimate of drug-likeness (QED) is 0.358. The normalized spacial score (nSPS) is 16.9. The zero-order chi connectivity index (χ0) is 22.5. The van der Waals surface area contributed by atoms with Crippen molar-refractivity contribution >= 4 is 21.6 Å². The van der Waals surface area contributed by atoms with Gasteiger partial charge < -0.3 is 5.32 Å². The van der Waals surface area contributed by atoms with Crippen molar-refractivity contribution < 1.29 is 30.8 Å². The molecule has 0 atom stereocenters. The molecule has 0 aliphatic heterocycles. The Hall–Kier alpha value is -2.46. The number of rotatable bonds is 7. The van der Waals surface area contributed by atoms with Crippen molar-refractivity contribution in [2.24, 2.45) is 0 Å². The number of carbonyl (C=O) groups excluding carboxylic acids is 1. The number of nitrogens with one attached hydrogen (secondary N) is 2. The van der Waals surface area contributed by atoms with Gasteiger partial charge in [0.1, 0.15) is 5.83 Å². The number of alkyl halides is 3. The maximum absolute atomic E-state index is 14.2. The molecule has 0 radical (unpaired) electrons. The van der Waals surface area contributed by atoms with Gasteiger partial charge in [-0.05, 0) is 56.2 Å². The molecule has 0 unspecified atom stereocenters. The van der Waals surface area contributed by atoms with Crippen molar-refractivity contribution in [1.29, 1.82) is 0 Å². The summed E-state index contributed by atoms with van der Waals surface area (Å²) in [4.78, 5) is 12.2. The number of halogens is 4. The van der Waals surface area contributed by atoms with Crippen molar-refractivity contribution in [3.05, 3.63) is 64.9 Å². The van der Waals surface area contributed by atoms with Crippen LogP contribution < -0.4 is 10.0 Å². The van der Waals surface area contributed by atoms with Gasteiger partial charge in [0.15, 0.2) is 0 Å². The maximum Gasteiger partial charge on any atom is 0.416 e. The lowest BCUT2D eigenvalue weighted by Gasteiger charge is -2.14. The molecule has 0 heterocycles. The number of sulfonamides is 1. The molecule has 0 aromatic heterocycles. The summed E-state index contributed by atoms with van der Waals surface area (Å²) >= 11 is 0. The van der Waals surface area contributed by atoms with Gasteiger partial charge in [-0.3, -0.25) is 4.79 Å². The van der Waals surface area contributed by atoms with Gasteiger partial charge in [-0.25, -0.2) is 17.5 Å². The fourth-order valence-electron chi connectivity index (χ4n) is 2.93. The van der Waals surface area contributed by atoms with Gasteiger partial charge in [0.25, 0.3) is 5.91 Å². The summed E-state index contributed by atoms with van der Waals surface area (Å²) in [6.07, 6.45) is 0.276. The molecule has 10 heteroatoms. The van der Waals surface area contributed by atoms with Crippen molar-refractivity contribution in [2.45, 2.75) is 44.8 Å². The highest BCUT2D eigenvalue weighted by atomic mass is 32.2. The van der Waals surface area contributed by atoms with Gasteiger partial charge in [-0.2, -0.15) is 13.2 Å². The van der Waals surface area contributed by atoms with E-state index in [4.69, 9.17) is 0 Å². The molecule has 2 N–H and O–H groups in total. The summed E-state index contributed by atoms with van der Waals surface area (Å²) in [5, 5.41) is 2.25. The fraction of sp³-hybridized carbons (Fsp3) is 0.350. The van der Waals surface area contributed by atoms with Crippen LogP contribution in [0.3, 0.4) is 0 Å². The summed E-state index contributed by atoms with van der Waals surface area (Å²) in [6.45, 7) is 4.45. The van der Waals surface area contributed by atoms with Crippen LogP contribution in [-0.4, -0.2) is 20.4 Å². The van der Waals surface area contributed by atoms with E-state index in [1.54, 1.807) is 0 Å². The maximum atomic E-state index is 14.2. The van der Waals surface area contributed by atoms with E-state index in [1.165, 1.54) is 6.92 Å². The van der Waals surface area contributed by atoms with Gasteiger partial charge in [0, 0.05) is 11.7 Å². The van der Waals surface area contributed by atoms with Crippen LogP contribution in [0.1, 0.15) is 38.2 Å². The third-order valence-corrected chi connectivity index (χ3v) is 6.21. The minimum absolute atomic E-state index is 0.0136. The lowest BCUT2D eigenvalue weighted by Crippen LogP contribution is -2.33. The van der Waals surface area contributed by atoms with Crippen LogP contribution in [0.4, 0.5) is 23.2 Å². The smallest absolute Gasteiger partial charge is 0.322 e. The van der Waals surface area contributed by atoms with Crippen LogP contribution >= 0.6 is 0 Å². The van der Waals surface area contributed by atoms with Crippen LogP contribution in [-0.2, 0) is 21.0 Å². The van der Waals surface area contributed by atoms with E-state index in [9.17, 15) is 30.8 Å². The number of carbonyl (C=O) groups is 1. The third kappa shape index (κ3) is 6.27. The van der Waals surface area contributed by atoms with Crippen LogP contribution in [0.5, 0.6) is 0 Å². The standard InChI is InChI=1S/C20H22F4N2O3S/c1-3-18(21)17(12-13(2)30(28,29)26-16-6-4-5-7-16)19(27)25-15-10-8-14(9-11-15)20(22,23)24/h3,8-12,16,26H,1,4-7H2,2H3,(H,25,27)/b13-12+,18-17-. The predicted molar refractivity (Wildman–Crippen MR) is 106 cm³/mol. The Morgan fingerprint density at radius 3 is 2.23 bits per heavy atom. The van der Waals surface area contributed by atoms with E-state index in [0.717, 1.165) is 49.3 Å². The van der Waals surface area contributed by atoms with Gasteiger partial charge >= 0.3 is 6.18 Å². The summed E-state index contributed by atoms with van der Waals surface area (Å²) in [6, 6.07) is 3.34. The molecule has 1 aliphatic rings. The molecule has 1 aromatic carbocycles. The Morgan fingerprint density at radius 1 is 1.17 bits per heavy atom. The van der Waals surface area contributed by atoms with E-state index in [-0.39, 0.29) is 16.6 Å². The van der Waals surface area contributed by atoms with E-state index in [1.807, 2.05) is 0 Å². The van der Waals surface area contributed by atoms with Crippen molar-refractivity contribution in [1.82, 2.24) is 4.72 Å². The highest BCUT2D eigenvalue weighted by Gasteiger charge is 2.30. The van der Waals surface area contributed by atoms with Gasteiger partial charge in [-0.15, -0.1) is 0 Å². The van der Waals surface area contributed by atoms with Gasteiger partial charge in [0.2, 0.25) is 10.0 Å². The second kappa shape index (κ2) is 9.57. The molecule has 164 valence electrons. The minimum atomic E-state index is -4.54. The largest absolute Gasteiger partial charge is 0.416 e. The highest BCUT2D eigenvalue weighted by Crippen LogP contribution is 2.30. The van der Waals surface area contributed by atoms with Crippen LogP contribution in [0.2, 0.25) is 0 Å². The molecule has 5 nitrogen and oxygen atoms in total. The molecule has 30 heavy (non-hydrogen) atoms. The fourth-order valence-corrected chi connectivity index (χ4v) is 4.06. The molecule has 1 amide bonds. The second-order valence-electron chi connectivity index (χ2n) is 6.85. The molecule has 0 spiro atoms. The Bertz CT molecular complexity index is 959. The molecule has 1 saturated carbocycles. The van der Waals surface area contributed by atoms with Crippen molar-refractivity contribution in [3.8, 4) is 0 Å². The van der Waals surface area contributed by atoms with Crippen LogP contribution in [0.25, 0.3) is 0 Å². The Kier molecular flexibility index (Phi) is 7.59. The monoisotopic (exact) mass is 446 g/mol. The van der Waals surface area contributed by atoms with Crippen molar-refractivity contribution in [3.63, 3.8) is 0 Å². The molecule has 0 saturated heterocycles. The number of allylic oxidation sites excluding steroid dienone is 3. The molecular formula is C20H22F4N2O3S. The lowest BCUT2D eigenvalue weighted by molar-refractivity contribution is -0.137. The Balaban J connectivity index is 2.23. The highest BCUT2D eigenvalue weighted by molar-refractivity contribution is 7.93. The topological polar surface area (TPSA) is 75.3 Å². The minimum Gasteiger partial charge on any atom is -0.322 e. The summed E-state index contributed by atoms with van der Waals surface area (Å²) in [5.74, 6) is -2.10. The first-order chi connectivity index (χ1) is 13.9. The Morgan fingerprint density at radius 2 is 1.73 bits per heavy atom. The average Bonchev–Trinajstić information content (AvgIpc) is 3.17. The SMILES string of the molecule is C=C/C(F)=C(\C=C(/C)S(=O)(=O)NC1CCCC1)C(=O)Nc1ccc(C(F)(F)F)cc1. The zero-order valence-corrected chi connectivity index (χ0v) is 17.0. The molecule has 1 aromatic rings. The average molecular weight is 446 g/mol. The van der Waals surface area contributed by atoms with E-state index >= 15 is 0 Å². The van der Waals surface area contributed by atoms with Crippen molar-refractivity contribution in [2.75, 3.05) is 5.32 Å². The first-order valence-electron chi connectivity index (χ1n) is 9.15. The molecular weight excluding hydrogens is 424 g/mol. The van der Waals surface area contributed by atoms with E-state index in [0.29, 0.717) is 12.8 Å². The predicted octanol–water partition coefficient (Wildman–Crippen LogP) is 4.82. The lowest BCUT2D eigenvalue weighted by atomic mass is 10.1. The molecule has 2 rings (SSSR count). The second-order valence-corrected chi connectivity index (χ2v) is 8.74. The zero-order valence-electron chi connectivity index (χ0n) is 16.2. The molecule has 1 aliphatic carbocycles. The number of hydrogen-bond donors (Lipinski definition) is 2. The number of anilines is 1. The summed E-state index contributed by atoms with van der Waals surface area (Å²) in [7, 11) is -3.94. The Labute approximate surface area is 172 Å². The van der Waals surface area contributed by atoms with E-state index < -0.39 is 39.1 Å². The molecule has 0 bridgehead atoms.